The van der Waals surface area contributed by atoms with Crippen LogP contribution in [-0.4, -0.2) is 46.0 Å². The van der Waals surface area contributed by atoms with Crippen LogP contribution in [0.4, 0.5) is 5.69 Å². The summed E-state index contributed by atoms with van der Waals surface area (Å²) in [6.45, 7) is 2.10. The first kappa shape index (κ1) is 17.3. The van der Waals surface area contributed by atoms with Crippen LogP contribution < -0.4 is 9.64 Å². The summed E-state index contributed by atoms with van der Waals surface area (Å²) in [5, 5.41) is 8.83. The van der Waals surface area contributed by atoms with Gasteiger partial charge in [0.25, 0.3) is 0 Å². The van der Waals surface area contributed by atoms with E-state index in [2.05, 4.69) is 4.90 Å². The molecule has 1 saturated heterocycles. The molecule has 6 nitrogen and oxygen atoms in total. The normalized spacial score (nSPS) is 15.6. The molecular weight excluding hydrogens is 338 g/mol. The summed E-state index contributed by atoms with van der Waals surface area (Å²) < 4.78 is 32.1. The summed E-state index contributed by atoms with van der Waals surface area (Å²) in [7, 11) is -1.90. The van der Waals surface area contributed by atoms with Gasteiger partial charge in [-0.1, -0.05) is 0 Å². The first-order valence-electron chi connectivity index (χ1n) is 7.94. The van der Waals surface area contributed by atoms with E-state index in [1.165, 1.54) is 28.6 Å². The van der Waals surface area contributed by atoms with E-state index < -0.39 is 10.0 Å². The van der Waals surface area contributed by atoms with Crippen LogP contribution >= 0.6 is 0 Å². The highest BCUT2D eigenvalue weighted by Gasteiger charge is 2.28. The minimum absolute atomic E-state index is 0.226. The van der Waals surface area contributed by atoms with Crippen molar-refractivity contribution in [3.05, 3.63) is 54.1 Å². The fourth-order valence-electron chi connectivity index (χ4n) is 2.83. The van der Waals surface area contributed by atoms with Gasteiger partial charge in [0.05, 0.1) is 23.6 Å². The van der Waals surface area contributed by atoms with E-state index in [0.717, 1.165) is 11.4 Å². The van der Waals surface area contributed by atoms with Gasteiger partial charge >= 0.3 is 0 Å². The topological polar surface area (TPSA) is 73.6 Å². The van der Waals surface area contributed by atoms with Crippen LogP contribution in [0.1, 0.15) is 5.56 Å². The van der Waals surface area contributed by atoms with Gasteiger partial charge in [-0.15, -0.1) is 0 Å². The summed E-state index contributed by atoms with van der Waals surface area (Å²) >= 11 is 0. The molecule has 0 aromatic heterocycles. The zero-order valence-electron chi connectivity index (χ0n) is 13.9. The summed E-state index contributed by atoms with van der Waals surface area (Å²) in [6, 6.07) is 15.8. The molecule has 0 N–H and O–H groups in total. The minimum atomic E-state index is -3.53. The van der Waals surface area contributed by atoms with E-state index in [0.29, 0.717) is 31.7 Å². The maximum Gasteiger partial charge on any atom is 0.243 e. The summed E-state index contributed by atoms with van der Waals surface area (Å²) in [5.41, 5.74) is 1.50. The van der Waals surface area contributed by atoms with Gasteiger partial charge in [0.1, 0.15) is 5.75 Å². The van der Waals surface area contributed by atoms with Crippen molar-refractivity contribution in [3.63, 3.8) is 0 Å². The van der Waals surface area contributed by atoms with Crippen LogP contribution in [0, 0.1) is 11.3 Å². The van der Waals surface area contributed by atoms with Crippen molar-refractivity contribution in [3.8, 4) is 11.8 Å². The van der Waals surface area contributed by atoms with Crippen LogP contribution in [0.2, 0.25) is 0 Å². The molecule has 0 unspecified atom stereocenters. The fraction of sp³-hybridized carbons (Fsp3) is 0.278. The molecule has 1 aliphatic rings. The molecule has 2 aromatic rings. The molecular formula is C18H19N3O3S. The Hall–Kier alpha value is -2.56. The number of ether oxygens (including phenoxy) is 1. The monoisotopic (exact) mass is 357 g/mol. The summed E-state index contributed by atoms with van der Waals surface area (Å²) in [5.74, 6) is 0.797. The van der Waals surface area contributed by atoms with E-state index >= 15 is 0 Å². The highest BCUT2D eigenvalue weighted by Crippen LogP contribution is 2.23. The fourth-order valence-corrected chi connectivity index (χ4v) is 4.25. The molecule has 2 aromatic carbocycles. The van der Waals surface area contributed by atoms with Crippen LogP contribution in [0.5, 0.6) is 5.75 Å². The number of rotatable bonds is 4. The molecule has 0 saturated carbocycles. The smallest absolute Gasteiger partial charge is 0.243 e. The number of nitrogens with zero attached hydrogens (tertiary/aromatic N) is 3. The van der Waals surface area contributed by atoms with E-state index in [1.807, 2.05) is 30.3 Å². The number of anilines is 1. The van der Waals surface area contributed by atoms with Gasteiger partial charge in [0.2, 0.25) is 10.0 Å². The third kappa shape index (κ3) is 3.60. The lowest BCUT2D eigenvalue weighted by atomic mass is 10.2. The Morgan fingerprint density at radius 2 is 1.56 bits per heavy atom. The average molecular weight is 357 g/mol. The van der Waals surface area contributed by atoms with E-state index in [4.69, 9.17) is 10.00 Å². The zero-order chi connectivity index (χ0) is 17.9. The van der Waals surface area contributed by atoms with Crippen LogP contribution in [-0.2, 0) is 10.0 Å². The number of benzene rings is 2. The van der Waals surface area contributed by atoms with E-state index in [-0.39, 0.29) is 4.90 Å². The first-order chi connectivity index (χ1) is 12.0. The average Bonchev–Trinajstić information content (AvgIpc) is 2.68. The molecule has 1 fully saturated rings. The van der Waals surface area contributed by atoms with Crippen molar-refractivity contribution in [2.45, 2.75) is 4.90 Å². The second kappa shape index (κ2) is 7.13. The molecule has 3 rings (SSSR count). The third-order valence-electron chi connectivity index (χ3n) is 4.30. The summed E-state index contributed by atoms with van der Waals surface area (Å²) in [4.78, 5) is 2.38. The molecule has 0 bridgehead atoms. The highest BCUT2D eigenvalue weighted by molar-refractivity contribution is 7.89. The zero-order valence-corrected chi connectivity index (χ0v) is 14.7. The second-order valence-corrected chi connectivity index (χ2v) is 7.66. The van der Waals surface area contributed by atoms with Crippen molar-refractivity contribution in [1.29, 1.82) is 5.26 Å². The predicted molar refractivity (Wildman–Crippen MR) is 95.1 cm³/mol. The van der Waals surface area contributed by atoms with Crippen LogP contribution in [0.25, 0.3) is 0 Å². The molecule has 1 aliphatic heterocycles. The van der Waals surface area contributed by atoms with Gasteiger partial charge in [-0.2, -0.15) is 9.57 Å². The molecule has 0 atom stereocenters. The first-order valence-corrected chi connectivity index (χ1v) is 9.38. The molecule has 0 aliphatic carbocycles. The number of piperazine rings is 1. The lowest BCUT2D eigenvalue weighted by molar-refractivity contribution is 0.384. The molecule has 7 heteroatoms. The van der Waals surface area contributed by atoms with Gasteiger partial charge in [-0.05, 0) is 48.5 Å². The molecule has 1 heterocycles. The summed E-state index contributed by atoms with van der Waals surface area (Å²) in [6.07, 6.45) is 0. The van der Waals surface area contributed by atoms with Gasteiger partial charge in [-0.25, -0.2) is 8.42 Å². The number of sulfonamides is 1. The second-order valence-electron chi connectivity index (χ2n) is 5.73. The van der Waals surface area contributed by atoms with Crippen LogP contribution in [0.15, 0.2) is 53.4 Å². The Morgan fingerprint density at radius 3 is 2.08 bits per heavy atom. The molecule has 130 valence electrons. The number of nitriles is 1. The Bertz CT molecular complexity index is 863. The van der Waals surface area contributed by atoms with Gasteiger partial charge in [0, 0.05) is 31.9 Å². The lowest BCUT2D eigenvalue weighted by Gasteiger charge is -2.35. The maximum absolute atomic E-state index is 12.7. The molecule has 0 amide bonds. The Balaban J connectivity index is 1.69. The standard InChI is InChI=1S/C18H19N3O3S/c1-24-17-6-4-16(5-7-17)20-10-12-21(13-11-20)25(22,23)18-8-2-15(14-19)3-9-18/h2-9H,10-13H2,1H3. The third-order valence-corrected chi connectivity index (χ3v) is 6.21. The van der Waals surface area contributed by atoms with Crippen molar-refractivity contribution < 1.29 is 13.2 Å². The predicted octanol–water partition coefficient (Wildman–Crippen LogP) is 2.08. The number of hydrogen-bond acceptors (Lipinski definition) is 5. The van der Waals surface area contributed by atoms with Gasteiger partial charge < -0.3 is 9.64 Å². The van der Waals surface area contributed by atoms with Gasteiger partial charge in [-0.3, -0.25) is 0 Å². The highest BCUT2D eigenvalue weighted by atomic mass is 32.2. The molecule has 0 spiro atoms. The maximum atomic E-state index is 12.7. The van der Waals surface area contributed by atoms with Crippen LogP contribution in [0.3, 0.4) is 0 Å². The SMILES string of the molecule is COc1ccc(N2CCN(S(=O)(=O)c3ccc(C#N)cc3)CC2)cc1. The number of methoxy groups -OCH3 is 1. The Labute approximate surface area is 147 Å². The number of hydrogen-bond donors (Lipinski definition) is 0. The minimum Gasteiger partial charge on any atom is -0.497 e. The molecule has 25 heavy (non-hydrogen) atoms. The largest absolute Gasteiger partial charge is 0.497 e. The Morgan fingerprint density at radius 1 is 0.960 bits per heavy atom. The van der Waals surface area contributed by atoms with Crippen molar-refractivity contribution in [2.24, 2.45) is 0 Å². The Kier molecular flexibility index (Phi) is 4.93. The lowest BCUT2D eigenvalue weighted by Crippen LogP contribution is -2.48. The van der Waals surface area contributed by atoms with E-state index in [1.54, 1.807) is 7.11 Å². The quantitative estimate of drug-likeness (QED) is 0.838. The van der Waals surface area contributed by atoms with Crippen molar-refractivity contribution >= 4 is 15.7 Å². The van der Waals surface area contributed by atoms with E-state index in [9.17, 15) is 8.42 Å². The van der Waals surface area contributed by atoms with Crippen molar-refractivity contribution in [1.82, 2.24) is 4.31 Å². The van der Waals surface area contributed by atoms with Gasteiger partial charge in [0.15, 0.2) is 0 Å². The van der Waals surface area contributed by atoms with Crippen molar-refractivity contribution in [2.75, 3.05) is 38.2 Å². The molecule has 0 radical (unpaired) electrons.